The van der Waals surface area contributed by atoms with Gasteiger partial charge in [0.15, 0.2) is 0 Å². The predicted octanol–water partition coefficient (Wildman–Crippen LogP) is 2.27. The molecule has 1 rings (SSSR count). The maximum atomic E-state index is 9.97. The summed E-state index contributed by atoms with van der Waals surface area (Å²) in [5.74, 6) is 3.02. The average Bonchev–Trinajstić information content (AvgIpc) is 2.29. The van der Waals surface area contributed by atoms with Gasteiger partial charge in [0.2, 0.25) is 0 Å². The second kappa shape index (κ2) is 7.53. The predicted molar refractivity (Wildman–Crippen MR) is 68.4 cm³/mol. The maximum Gasteiger partial charge on any atom is 0.0692 e. The van der Waals surface area contributed by atoms with E-state index >= 15 is 0 Å². The molecule has 0 aromatic rings. The van der Waals surface area contributed by atoms with Crippen LogP contribution in [-0.4, -0.2) is 35.3 Å². The smallest absolute Gasteiger partial charge is 0.0692 e. The lowest BCUT2D eigenvalue weighted by Crippen LogP contribution is -2.40. The van der Waals surface area contributed by atoms with Crippen molar-refractivity contribution in [2.45, 2.75) is 51.7 Å². The van der Waals surface area contributed by atoms with Gasteiger partial charge in [0.1, 0.15) is 0 Å². The number of aliphatic hydroxyl groups excluding tert-OH is 1. The summed E-state index contributed by atoms with van der Waals surface area (Å²) >= 11 is 2.05. The summed E-state index contributed by atoms with van der Waals surface area (Å²) in [5, 5.41) is 13.5. The summed E-state index contributed by atoms with van der Waals surface area (Å²) < 4.78 is 0. The first-order chi connectivity index (χ1) is 7.27. The first-order valence-electron chi connectivity index (χ1n) is 6.27. The van der Waals surface area contributed by atoms with Gasteiger partial charge in [-0.05, 0) is 30.3 Å². The van der Waals surface area contributed by atoms with Crippen LogP contribution in [0.5, 0.6) is 0 Å². The summed E-state index contributed by atoms with van der Waals surface area (Å²) in [6.45, 7) is 5.10. The van der Waals surface area contributed by atoms with Crippen molar-refractivity contribution < 1.29 is 5.11 Å². The Morgan fingerprint density at radius 2 is 1.87 bits per heavy atom. The van der Waals surface area contributed by atoms with Crippen LogP contribution in [0.2, 0.25) is 0 Å². The Balaban J connectivity index is 2.16. The Morgan fingerprint density at radius 1 is 1.27 bits per heavy atom. The molecule has 0 spiro atoms. The van der Waals surface area contributed by atoms with E-state index in [0.717, 1.165) is 19.4 Å². The largest absolute Gasteiger partial charge is 0.392 e. The molecular formula is C12H25NOS. The second-order valence-corrected chi connectivity index (χ2v) is 5.66. The van der Waals surface area contributed by atoms with E-state index in [1.165, 1.54) is 24.3 Å². The molecule has 1 aliphatic rings. The monoisotopic (exact) mass is 231 g/mol. The molecule has 90 valence electrons. The lowest BCUT2D eigenvalue weighted by molar-refractivity contribution is 0.0978. The molecule has 0 aliphatic carbocycles. The highest BCUT2D eigenvalue weighted by Gasteiger charge is 2.18. The van der Waals surface area contributed by atoms with E-state index in [9.17, 15) is 5.11 Å². The number of thioether (sulfide) groups is 1. The average molecular weight is 231 g/mol. The molecule has 1 saturated heterocycles. The maximum absolute atomic E-state index is 9.97. The summed E-state index contributed by atoms with van der Waals surface area (Å²) in [7, 11) is 0. The van der Waals surface area contributed by atoms with E-state index in [4.69, 9.17) is 0 Å². The van der Waals surface area contributed by atoms with Crippen LogP contribution in [0.3, 0.4) is 0 Å². The summed E-state index contributed by atoms with van der Waals surface area (Å²) in [6, 6.07) is 0.648. The third kappa shape index (κ3) is 4.75. The van der Waals surface area contributed by atoms with Crippen LogP contribution < -0.4 is 5.32 Å². The van der Waals surface area contributed by atoms with E-state index in [2.05, 4.69) is 19.2 Å². The van der Waals surface area contributed by atoms with E-state index in [1.807, 2.05) is 11.8 Å². The van der Waals surface area contributed by atoms with Gasteiger partial charge < -0.3 is 10.4 Å². The zero-order valence-electron chi connectivity index (χ0n) is 10.0. The Labute approximate surface area is 98.2 Å². The number of rotatable bonds is 6. The molecule has 0 aromatic heterocycles. The van der Waals surface area contributed by atoms with Crippen LogP contribution in [0.4, 0.5) is 0 Å². The Morgan fingerprint density at radius 3 is 2.40 bits per heavy atom. The molecule has 1 atom stereocenters. The highest BCUT2D eigenvalue weighted by atomic mass is 32.2. The molecule has 1 aliphatic heterocycles. The van der Waals surface area contributed by atoms with Crippen LogP contribution in [0.25, 0.3) is 0 Å². The van der Waals surface area contributed by atoms with Gasteiger partial charge in [-0.3, -0.25) is 0 Å². The molecule has 0 radical (unpaired) electrons. The molecule has 1 fully saturated rings. The van der Waals surface area contributed by atoms with Gasteiger partial charge in [-0.15, -0.1) is 0 Å². The first kappa shape index (κ1) is 13.3. The van der Waals surface area contributed by atoms with Gasteiger partial charge in [0.05, 0.1) is 6.10 Å². The Hall–Kier alpha value is 0.270. The molecule has 3 heteroatoms. The van der Waals surface area contributed by atoms with Crippen molar-refractivity contribution in [2.24, 2.45) is 5.92 Å². The van der Waals surface area contributed by atoms with Crippen LogP contribution in [0.1, 0.15) is 39.5 Å². The fraction of sp³-hybridized carbons (Fsp3) is 1.00. The molecule has 1 unspecified atom stereocenters. The number of hydrogen-bond donors (Lipinski definition) is 2. The van der Waals surface area contributed by atoms with Gasteiger partial charge in [-0.1, -0.05) is 26.7 Å². The van der Waals surface area contributed by atoms with Crippen molar-refractivity contribution in [1.82, 2.24) is 5.32 Å². The summed E-state index contributed by atoms with van der Waals surface area (Å²) in [4.78, 5) is 0. The molecule has 2 nitrogen and oxygen atoms in total. The molecule has 0 saturated carbocycles. The van der Waals surface area contributed by atoms with Crippen molar-refractivity contribution in [3.63, 3.8) is 0 Å². The van der Waals surface area contributed by atoms with Crippen molar-refractivity contribution in [1.29, 1.82) is 0 Å². The van der Waals surface area contributed by atoms with Crippen molar-refractivity contribution in [2.75, 3.05) is 18.1 Å². The quantitative estimate of drug-likeness (QED) is 0.735. The van der Waals surface area contributed by atoms with Gasteiger partial charge in [0.25, 0.3) is 0 Å². The Kier molecular flexibility index (Phi) is 6.69. The third-order valence-corrected chi connectivity index (χ3v) is 4.48. The van der Waals surface area contributed by atoms with Gasteiger partial charge >= 0.3 is 0 Å². The minimum atomic E-state index is -0.158. The zero-order chi connectivity index (χ0) is 11.1. The normalized spacial score (nSPS) is 20.8. The van der Waals surface area contributed by atoms with Crippen LogP contribution in [0.15, 0.2) is 0 Å². The number of nitrogens with one attached hydrogen (secondary N) is 1. The molecule has 0 amide bonds. The SMILES string of the molecule is CCC(CC)C(O)CNC1CCSCC1. The standard InChI is InChI=1S/C12H25NOS/c1-3-10(4-2)12(14)9-13-11-5-7-15-8-6-11/h10-14H,3-9H2,1-2H3. The third-order valence-electron chi connectivity index (χ3n) is 3.43. The van der Waals surface area contributed by atoms with Crippen LogP contribution >= 0.6 is 11.8 Å². The number of aliphatic hydroxyl groups is 1. The highest BCUT2D eigenvalue weighted by molar-refractivity contribution is 7.99. The fourth-order valence-corrected chi connectivity index (χ4v) is 3.30. The number of hydrogen-bond acceptors (Lipinski definition) is 3. The summed E-state index contributed by atoms with van der Waals surface area (Å²) in [6.07, 6.45) is 4.54. The van der Waals surface area contributed by atoms with Crippen molar-refractivity contribution in [3.05, 3.63) is 0 Å². The van der Waals surface area contributed by atoms with Crippen molar-refractivity contribution in [3.8, 4) is 0 Å². The molecule has 2 N–H and O–H groups in total. The van der Waals surface area contributed by atoms with E-state index < -0.39 is 0 Å². The highest BCUT2D eigenvalue weighted by Crippen LogP contribution is 2.18. The van der Waals surface area contributed by atoms with Crippen LogP contribution in [0, 0.1) is 5.92 Å². The van der Waals surface area contributed by atoms with Crippen molar-refractivity contribution >= 4 is 11.8 Å². The molecule has 1 heterocycles. The van der Waals surface area contributed by atoms with E-state index in [-0.39, 0.29) is 6.10 Å². The topological polar surface area (TPSA) is 32.3 Å². The van der Waals surface area contributed by atoms with E-state index in [0.29, 0.717) is 12.0 Å². The minimum absolute atomic E-state index is 0.158. The fourth-order valence-electron chi connectivity index (χ4n) is 2.19. The lowest BCUT2D eigenvalue weighted by atomic mass is 9.96. The zero-order valence-corrected chi connectivity index (χ0v) is 10.9. The molecular weight excluding hydrogens is 206 g/mol. The molecule has 0 bridgehead atoms. The van der Waals surface area contributed by atoms with Gasteiger partial charge in [-0.25, -0.2) is 0 Å². The Bertz CT molecular complexity index is 156. The van der Waals surface area contributed by atoms with Crippen LogP contribution in [-0.2, 0) is 0 Å². The summed E-state index contributed by atoms with van der Waals surface area (Å²) in [5.41, 5.74) is 0. The lowest BCUT2D eigenvalue weighted by Gasteiger charge is -2.26. The van der Waals surface area contributed by atoms with Gasteiger partial charge in [-0.2, -0.15) is 11.8 Å². The molecule has 15 heavy (non-hydrogen) atoms. The van der Waals surface area contributed by atoms with E-state index in [1.54, 1.807) is 0 Å². The first-order valence-corrected chi connectivity index (χ1v) is 7.42. The minimum Gasteiger partial charge on any atom is -0.392 e. The molecule has 0 aromatic carbocycles. The second-order valence-electron chi connectivity index (χ2n) is 4.44. The van der Waals surface area contributed by atoms with Gasteiger partial charge in [0, 0.05) is 12.6 Å².